The van der Waals surface area contributed by atoms with Crippen LogP contribution in [0.25, 0.3) is 11.0 Å². The highest BCUT2D eigenvalue weighted by Gasteiger charge is 2.13. The Bertz CT molecular complexity index is 819. The zero-order valence-corrected chi connectivity index (χ0v) is 12.8. The fourth-order valence-electron chi connectivity index (χ4n) is 2.62. The summed E-state index contributed by atoms with van der Waals surface area (Å²) in [6.45, 7) is 4.19. The molecule has 0 saturated carbocycles. The lowest BCUT2D eigenvalue weighted by Gasteiger charge is -2.21. The molecule has 0 radical (unpaired) electrons. The molecule has 21 heavy (non-hydrogen) atoms. The van der Waals surface area contributed by atoms with E-state index in [2.05, 4.69) is 46.9 Å². The van der Waals surface area contributed by atoms with Gasteiger partial charge in [0.15, 0.2) is 5.82 Å². The van der Waals surface area contributed by atoms with E-state index in [9.17, 15) is 0 Å². The van der Waals surface area contributed by atoms with Gasteiger partial charge in [0.1, 0.15) is 11.3 Å². The van der Waals surface area contributed by atoms with Crippen molar-refractivity contribution >= 4 is 28.4 Å². The first kappa shape index (κ1) is 13.4. The van der Waals surface area contributed by atoms with Crippen molar-refractivity contribution in [2.75, 3.05) is 17.7 Å². The van der Waals surface area contributed by atoms with Crippen LogP contribution in [0.4, 0.5) is 17.3 Å². The molecule has 5 heteroatoms. The maximum atomic E-state index is 6.03. The van der Waals surface area contributed by atoms with E-state index < -0.39 is 0 Å². The van der Waals surface area contributed by atoms with Gasteiger partial charge in [0.05, 0.1) is 11.8 Å². The van der Waals surface area contributed by atoms with Gasteiger partial charge in [-0.15, -0.1) is 0 Å². The number of fused-ring (bicyclic) bond motifs is 1. The van der Waals surface area contributed by atoms with Gasteiger partial charge in [0.25, 0.3) is 0 Å². The van der Waals surface area contributed by atoms with Crippen LogP contribution in [0, 0.1) is 13.8 Å². The SMILES string of the molecule is Cc1ccc(N(C)c2cc3c(ncn3C)c(N)n2)c(C)c1. The number of anilines is 3. The van der Waals surface area contributed by atoms with Crippen molar-refractivity contribution in [2.24, 2.45) is 7.05 Å². The van der Waals surface area contributed by atoms with Crippen LogP contribution in [0.15, 0.2) is 30.6 Å². The third-order valence-corrected chi connectivity index (χ3v) is 3.78. The number of aromatic nitrogens is 3. The van der Waals surface area contributed by atoms with Crippen LogP contribution in [0.5, 0.6) is 0 Å². The lowest BCUT2D eigenvalue weighted by Crippen LogP contribution is -2.13. The Morgan fingerprint density at radius 2 is 1.95 bits per heavy atom. The number of nitrogen functional groups attached to an aromatic ring is 1. The molecule has 0 unspecified atom stereocenters. The minimum absolute atomic E-state index is 0.458. The number of pyridine rings is 1. The Kier molecular flexibility index (Phi) is 3.05. The van der Waals surface area contributed by atoms with Crippen molar-refractivity contribution in [3.63, 3.8) is 0 Å². The molecule has 0 fully saturated rings. The number of aryl methyl sites for hydroxylation is 3. The average molecular weight is 281 g/mol. The van der Waals surface area contributed by atoms with Crippen LogP contribution in [-0.4, -0.2) is 21.6 Å². The van der Waals surface area contributed by atoms with Gasteiger partial charge in [-0.2, -0.15) is 0 Å². The van der Waals surface area contributed by atoms with E-state index in [1.807, 2.05) is 24.7 Å². The summed E-state index contributed by atoms with van der Waals surface area (Å²) in [5.74, 6) is 1.27. The topological polar surface area (TPSA) is 60.0 Å². The van der Waals surface area contributed by atoms with E-state index in [0.29, 0.717) is 5.82 Å². The Labute approximate surface area is 124 Å². The molecule has 3 aromatic rings. The fraction of sp³-hybridized carbons (Fsp3) is 0.250. The minimum Gasteiger partial charge on any atom is -0.382 e. The van der Waals surface area contributed by atoms with Gasteiger partial charge in [0, 0.05) is 25.8 Å². The van der Waals surface area contributed by atoms with E-state index in [1.165, 1.54) is 11.1 Å². The van der Waals surface area contributed by atoms with Crippen LogP contribution >= 0.6 is 0 Å². The van der Waals surface area contributed by atoms with Gasteiger partial charge in [-0.05, 0) is 25.5 Å². The molecule has 5 nitrogen and oxygen atoms in total. The van der Waals surface area contributed by atoms with E-state index in [1.54, 1.807) is 6.33 Å². The van der Waals surface area contributed by atoms with E-state index >= 15 is 0 Å². The summed E-state index contributed by atoms with van der Waals surface area (Å²) in [5.41, 5.74) is 11.3. The molecule has 2 aromatic heterocycles. The Hall–Kier alpha value is -2.56. The van der Waals surface area contributed by atoms with Crippen LogP contribution < -0.4 is 10.6 Å². The van der Waals surface area contributed by atoms with Crippen LogP contribution in [-0.2, 0) is 7.05 Å². The molecule has 3 rings (SSSR count). The maximum Gasteiger partial charge on any atom is 0.154 e. The predicted octanol–water partition coefficient (Wildman–Crippen LogP) is 2.94. The summed E-state index contributed by atoms with van der Waals surface area (Å²) >= 11 is 0. The lowest BCUT2D eigenvalue weighted by atomic mass is 10.1. The zero-order valence-electron chi connectivity index (χ0n) is 12.8. The van der Waals surface area contributed by atoms with Gasteiger partial charge >= 0.3 is 0 Å². The van der Waals surface area contributed by atoms with E-state index in [-0.39, 0.29) is 0 Å². The van der Waals surface area contributed by atoms with Crippen molar-refractivity contribution in [2.45, 2.75) is 13.8 Å². The average Bonchev–Trinajstić information content (AvgIpc) is 2.80. The molecule has 0 aliphatic carbocycles. The molecule has 0 amide bonds. The summed E-state index contributed by atoms with van der Waals surface area (Å²) in [6.07, 6.45) is 1.75. The van der Waals surface area contributed by atoms with E-state index in [0.717, 1.165) is 22.5 Å². The number of rotatable bonds is 2. The van der Waals surface area contributed by atoms with Gasteiger partial charge in [-0.3, -0.25) is 0 Å². The number of hydrogen-bond acceptors (Lipinski definition) is 4. The summed E-state index contributed by atoms with van der Waals surface area (Å²) < 4.78 is 1.95. The molecule has 0 bridgehead atoms. The van der Waals surface area contributed by atoms with Crippen LogP contribution in [0.2, 0.25) is 0 Å². The molecule has 2 heterocycles. The third-order valence-electron chi connectivity index (χ3n) is 3.78. The first-order valence-electron chi connectivity index (χ1n) is 6.86. The lowest BCUT2D eigenvalue weighted by molar-refractivity contribution is 0.946. The third kappa shape index (κ3) is 2.20. The molecule has 0 aliphatic rings. The van der Waals surface area contributed by atoms with Gasteiger partial charge < -0.3 is 15.2 Å². The van der Waals surface area contributed by atoms with Gasteiger partial charge in [-0.25, -0.2) is 9.97 Å². The molecule has 2 N–H and O–H groups in total. The second kappa shape index (κ2) is 4.77. The van der Waals surface area contributed by atoms with Crippen molar-refractivity contribution in [3.8, 4) is 0 Å². The first-order chi connectivity index (χ1) is 9.97. The molecular formula is C16H19N5. The highest BCUT2D eigenvalue weighted by atomic mass is 15.2. The van der Waals surface area contributed by atoms with Gasteiger partial charge in [-0.1, -0.05) is 17.7 Å². The van der Waals surface area contributed by atoms with Crippen molar-refractivity contribution < 1.29 is 0 Å². The molecule has 108 valence electrons. The van der Waals surface area contributed by atoms with Crippen molar-refractivity contribution in [1.82, 2.24) is 14.5 Å². The zero-order chi connectivity index (χ0) is 15.1. The number of imidazole rings is 1. The monoisotopic (exact) mass is 281 g/mol. The van der Waals surface area contributed by atoms with Crippen molar-refractivity contribution in [3.05, 3.63) is 41.7 Å². The molecular weight excluding hydrogens is 262 g/mol. The Morgan fingerprint density at radius 1 is 1.19 bits per heavy atom. The summed E-state index contributed by atoms with van der Waals surface area (Å²) in [7, 11) is 3.96. The predicted molar refractivity (Wildman–Crippen MR) is 86.9 cm³/mol. The number of benzene rings is 1. The Balaban J connectivity index is 2.12. The van der Waals surface area contributed by atoms with Crippen molar-refractivity contribution in [1.29, 1.82) is 0 Å². The van der Waals surface area contributed by atoms with Crippen LogP contribution in [0.1, 0.15) is 11.1 Å². The van der Waals surface area contributed by atoms with Crippen LogP contribution in [0.3, 0.4) is 0 Å². The first-order valence-corrected chi connectivity index (χ1v) is 6.86. The fourth-order valence-corrected chi connectivity index (χ4v) is 2.62. The van der Waals surface area contributed by atoms with Gasteiger partial charge in [0.2, 0.25) is 0 Å². The number of nitrogens with zero attached hydrogens (tertiary/aromatic N) is 4. The standard InChI is InChI=1S/C16H19N5/c1-10-5-6-12(11(2)7-10)21(4)14-8-13-15(16(17)19-14)18-9-20(13)3/h5-9H,1-4H3,(H2,17,19). The molecule has 0 atom stereocenters. The second-order valence-electron chi connectivity index (χ2n) is 5.44. The highest BCUT2D eigenvalue weighted by Crippen LogP contribution is 2.29. The summed E-state index contributed by atoms with van der Waals surface area (Å²) in [5, 5.41) is 0. The second-order valence-corrected chi connectivity index (χ2v) is 5.44. The molecule has 0 aliphatic heterocycles. The normalized spacial score (nSPS) is 11.0. The minimum atomic E-state index is 0.458. The molecule has 0 saturated heterocycles. The smallest absolute Gasteiger partial charge is 0.154 e. The molecule has 0 spiro atoms. The van der Waals surface area contributed by atoms with E-state index in [4.69, 9.17) is 5.73 Å². The molecule has 1 aromatic carbocycles. The maximum absolute atomic E-state index is 6.03. The quantitative estimate of drug-likeness (QED) is 0.784. The highest BCUT2D eigenvalue weighted by molar-refractivity contribution is 5.88. The number of nitrogens with two attached hydrogens (primary N) is 1. The number of hydrogen-bond donors (Lipinski definition) is 1. The Morgan fingerprint density at radius 3 is 2.67 bits per heavy atom. The summed E-state index contributed by atoms with van der Waals surface area (Å²) in [4.78, 5) is 10.8. The summed E-state index contributed by atoms with van der Waals surface area (Å²) in [6, 6.07) is 8.39. The largest absolute Gasteiger partial charge is 0.382 e.